The Bertz CT molecular complexity index is 1380. The van der Waals surface area contributed by atoms with E-state index in [1.165, 1.54) is 0 Å². The highest BCUT2D eigenvalue weighted by molar-refractivity contribution is 6.36. The molecule has 39 heavy (non-hydrogen) atoms. The maximum atomic E-state index is 14.1. The van der Waals surface area contributed by atoms with Gasteiger partial charge in [-0.25, -0.2) is 0 Å². The second-order valence-electron chi connectivity index (χ2n) is 10.0. The summed E-state index contributed by atoms with van der Waals surface area (Å²) in [6.45, 7) is 0.294. The summed E-state index contributed by atoms with van der Waals surface area (Å²) in [4.78, 5) is 29.8. The van der Waals surface area contributed by atoms with Crippen LogP contribution in [0.1, 0.15) is 64.7 Å². The van der Waals surface area contributed by atoms with Gasteiger partial charge in [0.25, 0.3) is 5.91 Å². The van der Waals surface area contributed by atoms with Crippen molar-refractivity contribution in [2.45, 2.75) is 56.2 Å². The van der Waals surface area contributed by atoms with Crippen LogP contribution in [-0.2, 0) is 11.2 Å². The van der Waals surface area contributed by atoms with Crippen molar-refractivity contribution in [1.29, 1.82) is 0 Å². The van der Waals surface area contributed by atoms with Crippen molar-refractivity contribution in [2.75, 3.05) is 6.54 Å². The molecule has 0 bridgehead atoms. The van der Waals surface area contributed by atoms with Gasteiger partial charge in [0.2, 0.25) is 5.91 Å². The zero-order valence-corrected chi connectivity index (χ0v) is 24.1. The predicted molar refractivity (Wildman–Crippen MR) is 156 cm³/mol. The number of amides is 2. The van der Waals surface area contributed by atoms with E-state index in [0.29, 0.717) is 62.6 Å². The van der Waals surface area contributed by atoms with Crippen molar-refractivity contribution in [1.82, 2.24) is 10.2 Å². The van der Waals surface area contributed by atoms with Crippen LogP contribution in [0.2, 0.25) is 20.1 Å². The summed E-state index contributed by atoms with van der Waals surface area (Å²) in [6.07, 6.45) is 2.73. The highest BCUT2D eigenvalue weighted by Crippen LogP contribution is 2.47. The van der Waals surface area contributed by atoms with E-state index in [1.54, 1.807) is 53.4 Å². The molecule has 4 atom stereocenters. The topological polar surface area (TPSA) is 69.6 Å². The number of halogens is 4. The van der Waals surface area contributed by atoms with Crippen LogP contribution in [0.4, 0.5) is 0 Å². The SMILES string of the molecule is O=C(NCCc1c(Cl)cccc1Cl)[C@@H]1c2ccccc2C(=O)N([C@H]2CCCCC2O)[C@H]1c1ccc(Cl)cc1Cl. The summed E-state index contributed by atoms with van der Waals surface area (Å²) in [5.41, 5.74) is 2.43. The second-order valence-corrected chi connectivity index (χ2v) is 11.7. The molecule has 1 saturated carbocycles. The fourth-order valence-corrected chi connectivity index (χ4v) is 6.99. The van der Waals surface area contributed by atoms with Crippen molar-refractivity contribution in [3.8, 4) is 0 Å². The molecule has 0 spiro atoms. The fourth-order valence-electron chi connectivity index (χ4n) is 5.88. The molecule has 2 aliphatic rings. The van der Waals surface area contributed by atoms with E-state index in [2.05, 4.69) is 5.32 Å². The van der Waals surface area contributed by atoms with Crippen LogP contribution in [0.15, 0.2) is 60.7 Å². The van der Waals surface area contributed by atoms with Gasteiger partial charge in [-0.15, -0.1) is 0 Å². The van der Waals surface area contributed by atoms with Gasteiger partial charge in [0.05, 0.1) is 24.1 Å². The Kier molecular flexibility index (Phi) is 8.75. The van der Waals surface area contributed by atoms with Gasteiger partial charge in [-0.05, 0) is 66.3 Å². The third-order valence-corrected chi connectivity index (χ3v) is 9.00. The Balaban J connectivity index is 1.56. The summed E-state index contributed by atoms with van der Waals surface area (Å²) >= 11 is 25.6. The van der Waals surface area contributed by atoms with Crippen LogP contribution in [-0.4, -0.2) is 40.5 Å². The van der Waals surface area contributed by atoms with E-state index in [4.69, 9.17) is 46.4 Å². The number of aliphatic hydroxyl groups is 1. The second kappa shape index (κ2) is 12.1. The minimum Gasteiger partial charge on any atom is -0.391 e. The number of benzene rings is 3. The molecule has 204 valence electrons. The maximum Gasteiger partial charge on any atom is 0.255 e. The summed E-state index contributed by atoms with van der Waals surface area (Å²) in [7, 11) is 0. The molecule has 0 aromatic heterocycles. The molecular formula is C30H28Cl4N2O3. The number of carbonyl (C=O) groups is 2. The minimum atomic E-state index is -0.770. The lowest BCUT2D eigenvalue weighted by Crippen LogP contribution is -2.55. The Labute approximate surface area is 248 Å². The quantitative estimate of drug-likeness (QED) is 0.311. The van der Waals surface area contributed by atoms with Crippen molar-refractivity contribution in [2.24, 2.45) is 0 Å². The lowest BCUT2D eigenvalue weighted by Gasteiger charge is -2.48. The fraction of sp³-hybridized carbons (Fsp3) is 0.333. The van der Waals surface area contributed by atoms with Gasteiger partial charge >= 0.3 is 0 Å². The average molecular weight is 606 g/mol. The van der Waals surface area contributed by atoms with Crippen molar-refractivity contribution < 1.29 is 14.7 Å². The largest absolute Gasteiger partial charge is 0.391 e. The van der Waals surface area contributed by atoms with E-state index < -0.39 is 24.1 Å². The number of aliphatic hydroxyl groups excluding tert-OH is 1. The smallest absolute Gasteiger partial charge is 0.255 e. The zero-order chi connectivity index (χ0) is 27.7. The average Bonchev–Trinajstić information content (AvgIpc) is 2.91. The predicted octanol–water partition coefficient (Wildman–Crippen LogP) is 7.24. The molecule has 1 fully saturated rings. The zero-order valence-electron chi connectivity index (χ0n) is 21.0. The Morgan fingerprint density at radius 2 is 1.62 bits per heavy atom. The van der Waals surface area contributed by atoms with E-state index in [9.17, 15) is 14.7 Å². The molecule has 2 N–H and O–H groups in total. The summed E-state index contributed by atoms with van der Waals surface area (Å²) < 4.78 is 0. The molecular weight excluding hydrogens is 578 g/mol. The summed E-state index contributed by atoms with van der Waals surface area (Å²) in [5.74, 6) is -1.25. The van der Waals surface area contributed by atoms with E-state index in [0.717, 1.165) is 18.4 Å². The molecule has 1 heterocycles. The van der Waals surface area contributed by atoms with Gasteiger partial charge in [0.1, 0.15) is 0 Å². The highest BCUT2D eigenvalue weighted by Gasteiger charge is 2.48. The molecule has 9 heteroatoms. The van der Waals surface area contributed by atoms with Crippen molar-refractivity contribution in [3.63, 3.8) is 0 Å². The van der Waals surface area contributed by atoms with E-state index in [1.807, 2.05) is 12.1 Å². The Hall–Kier alpha value is -2.28. The molecule has 3 aromatic rings. The maximum absolute atomic E-state index is 14.1. The first kappa shape index (κ1) is 28.3. The molecule has 0 saturated heterocycles. The number of hydrogen-bond donors (Lipinski definition) is 2. The molecule has 5 nitrogen and oxygen atoms in total. The van der Waals surface area contributed by atoms with Crippen LogP contribution < -0.4 is 5.32 Å². The number of hydrogen-bond acceptors (Lipinski definition) is 3. The van der Waals surface area contributed by atoms with Gasteiger partial charge in [-0.3, -0.25) is 9.59 Å². The Morgan fingerprint density at radius 1 is 0.897 bits per heavy atom. The number of rotatable bonds is 6. The minimum absolute atomic E-state index is 0.223. The first-order chi connectivity index (χ1) is 18.8. The lowest BCUT2D eigenvalue weighted by molar-refractivity contribution is -0.125. The van der Waals surface area contributed by atoms with Crippen LogP contribution >= 0.6 is 46.4 Å². The van der Waals surface area contributed by atoms with Gasteiger partial charge in [-0.1, -0.05) is 89.6 Å². The first-order valence-corrected chi connectivity index (χ1v) is 14.5. The molecule has 2 amide bonds. The van der Waals surface area contributed by atoms with Crippen molar-refractivity contribution in [3.05, 3.63) is 103 Å². The number of carbonyl (C=O) groups excluding carboxylic acids is 2. The van der Waals surface area contributed by atoms with E-state index in [-0.39, 0.29) is 11.8 Å². The molecule has 5 rings (SSSR count). The van der Waals surface area contributed by atoms with Crippen LogP contribution in [0, 0.1) is 0 Å². The molecule has 0 radical (unpaired) electrons. The molecule has 1 unspecified atom stereocenters. The molecule has 1 aliphatic carbocycles. The Morgan fingerprint density at radius 3 is 2.33 bits per heavy atom. The third-order valence-electron chi connectivity index (χ3n) is 7.73. The van der Waals surface area contributed by atoms with Crippen LogP contribution in [0.5, 0.6) is 0 Å². The van der Waals surface area contributed by atoms with E-state index >= 15 is 0 Å². The lowest BCUT2D eigenvalue weighted by atomic mass is 9.76. The normalized spacial score (nSPS) is 22.9. The van der Waals surface area contributed by atoms with Gasteiger partial charge in [-0.2, -0.15) is 0 Å². The highest BCUT2D eigenvalue weighted by atomic mass is 35.5. The number of nitrogens with one attached hydrogen (secondary N) is 1. The standard InChI is InChI=1S/C30H28Cl4N2O3/c31-17-12-13-21(24(34)16-17)28-27(29(38)35-15-14-20-22(32)8-5-9-23(20)33)18-6-1-2-7-19(18)30(39)36(28)25-10-3-4-11-26(25)37/h1-2,5-9,12-13,16,25-28,37H,3-4,10-11,14-15H2,(H,35,38)/t25-,26?,27+,28-/m0/s1. The van der Waals surface area contributed by atoms with Gasteiger partial charge in [0, 0.05) is 32.2 Å². The van der Waals surface area contributed by atoms with Gasteiger partial charge < -0.3 is 15.3 Å². The number of nitrogens with zero attached hydrogens (tertiary/aromatic N) is 1. The first-order valence-electron chi connectivity index (χ1n) is 13.0. The van der Waals surface area contributed by atoms with Crippen LogP contribution in [0.25, 0.3) is 0 Å². The van der Waals surface area contributed by atoms with Gasteiger partial charge in [0.15, 0.2) is 0 Å². The molecule has 1 aliphatic heterocycles. The molecule has 3 aromatic carbocycles. The summed E-state index contributed by atoms with van der Waals surface area (Å²) in [5, 5.41) is 16.0. The van der Waals surface area contributed by atoms with Crippen LogP contribution in [0.3, 0.4) is 0 Å². The monoisotopic (exact) mass is 604 g/mol. The van der Waals surface area contributed by atoms with Crippen molar-refractivity contribution >= 4 is 58.2 Å². The summed E-state index contributed by atoms with van der Waals surface area (Å²) in [6, 6.07) is 16.4. The third kappa shape index (κ3) is 5.66. The number of fused-ring (bicyclic) bond motifs is 1.